The number of methoxy groups -OCH3 is 2. The highest BCUT2D eigenvalue weighted by molar-refractivity contribution is 8.15. The summed E-state index contributed by atoms with van der Waals surface area (Å²) in [6, 6.07) is 11.3. The zero-order chi connectivity index (χ0) is 19.1. The predicted molar refractivity (Wildman–Crippen MR) is 98.0 cm³/mol. The van der Waals surface area contributed by atoms with E-state index in [4.69, 9.17) is 19.8 Å². The number of rotatable bonds is 3. The van der Waals surface area contributed by atoms with Gasteiger partial charge in [-0.2, -0.15) is 5.26 Å². The second kappa shape index (κ2) is 8.78. The molecule has 0 spiro atoms. The third kappa shape index (κ3) is 4.68. The maximum atomic E-state index is 11.0. The minimum Gasteiger partial charge on any atom is -0.504 e. The first-order chi connectivity index (χ1) is 12.5. The summed E-state index contributed by atoms with van der Waals surface area (Å²) >= 11 is 1.39. The summed E-state index contributed by atoms with van der Waals surface area (Å²) in [5, 5.41) is 27.6. The second-order valence-corrected chi connectivity index (χ2v) is 5.95. The minimum atomic E-state index is -0.123. The zero-order valence-corrected chi connectivity index (χ0v) is 14.9. The smallest absolute Gasteiger partial charge is 0.257 e. The Labute approximate surface area is 154 Å². The number of amides is 1. The second-order valence-electron chi connectivity index (χ2n) is 4.98. The fourth-order valence-electron chi connectivity index (χ4n) is 2.01. The molecule has 3 rings (SSSR count). The highest BCUT2D eigenvalue weighted by atomic mass is 32.2. The Morgan fingerprint density at radius 3 is 2.23 bits per heavy atom. The zero-order valence-electron chi connectivity index (χ0n) is 14.1. The molecule has 1 aliphatic heterocycles. The van der Waals surface area contributed by atoms with Gasteiger partial charge < -0.3 is 19.7 Å². The minimum absolute atomic E-state index is 0.0477. The van der Waals surface area contributed by atoms with Gasteiger partial charge in [0.25, 0.3) is 5.91 Å². The van der Waals surface area contributed by atoms with Gasteiger partial charge in [0.2, 0.25) is 0 Å². The molecule has 7 nitrogen and oxygen atoms in total. The van der Waals surface area contributed by atoms with E-state index in [1.54, 1.807) is 12.1 Å². The maximum Gasteiger partial charge on any atom is 0.257 e. The lowest BCUT2D eigenvalue weighted by Gasteiger charge is -2.05. The molecule has 2 N–H and O–H groups in total. The van der Waals surface area contributed by atoms with Crippen LogP contribution < -0.4 is 9.47 Å². The molecule has 0 saturated heterocycles. The van der Waals surface area contributed by atoms with E-state index in [1.165, 1.54) is 50.2 Å². The van der Waals surface area contributed by atoms with Crippen LogP contribution in [-0.4, -0.2) is 41.1 Å². The summed E-state index contributed by atoms with van der Waals surface area (Å²) in [5.74, 6) is 1.10. The van der Waals surface area contributed by atoms with E-state index in [1.807, 2.05) is 6.07 Å². The molecule has 2 aromatic carbocycles. The average Bonchev–Trinajstić information content (AvgIpc) is 3.09. The molecular formula is C18H16N2O5S. The van der Waals surface area contributed by atoms with Crippen LogP contribution in [0.5, 0.6) is 23.0 Å². The van der Waals surface area contributed by atoms with Gasteiger partial charge in [0.1, 0.15) is 5.04 Å². The fourth-order valence-corrected chi connectivity index (χ4v) is 2.80. The Morgan fingerprint density at radius 1 is 1.08 bits per heavy atom. The van der Waals surface area contributed by atoms with Crippen LogP contribution in [0.1, 0.15) is 11.1 Å². The predicted octanol–water partition coefficient (Wildman–Crippen LogP) is 2.69. The van der Waals surface area contributed by atoms with Crippen molar-refractivity contribution in [3.8, 4) is 29.1 Å². The lowest BCUT2D eigenvalue weighted by molar-refractivity contribution is -0.115. The molecule has 0 atom stereocenters. The SMILES string of the molecule is COc1cc(C#N)ccc1O.COc1cc(C2=NC(=O)CS2)ccc1O. The van der Waals surface area contributed by atoms with Crippen molar-refractivity contribution in [2.45, 2.75) is 0 Å². The van der Waals surface area contributed by atoms with Crippen LogP contribution >= 0.6 is 11.8 Å². The number of carbonyl (C=O) groups excluding carboxylic acids is 1. The molecule has 134 valence electrons. The van der Waals surface area contributed by atoms with E-state index in [0.717, 1.165) is 5.56 Å². The lowest BCUT2D eigenvalue weighted by atomic mass is 10.2. The van der Waals surface area contributed by atoms with E-state index in [-0.39, 0.29) is 17.4 Å². The van der Waals surface area contributed by atoms with Gasteiger partial charge in [-0.3, -0.25) is 4.79 Å². The number of nitriles is 1. The number of aliphatic imine (C=N–C) groups is 1. The molecule has 0 aliphatic carbocycles. The Hall–Kier alpha value is -3.18. The first-order valence-electron chi connectivity index (χ1n) is 7.37. The molecule has 2 aromatic rings. The maximum absolute atomic E-state index is 11.0. The van der Waals surface area contributed by atoms with Gasteiger partial charge >= 0.3 is 0 Å². The molecule has 0 unspecified atom stereocenters. The molecule has 8 heteroatoms. The Morgan fingerprint density at radius 2 is 1.69 bits per heavy atom. The third-order valence-corrected chi connectivity index (χ3v) is 4.29. The average molecular weight is 372 g/mol. The molecule has 0 radical (unpaired) electrons. The number of benzene rings is 2. The topological polar surface area (TPSA) is 112 Å². The first-order valence-corrected chi connectivity index (χ1v) is 8.35. The highest BCUT2D eigenvalue weighted by Gasteiger charge is 2.17. The Kier molecular flexibility index (Phi) is 6.47. The van der Waals surface area contributed by atoms with Crippen LogP contribution in [0.4, 0.5) is 0 Å². The summed E-state index contributed by atoms with van der Waals surface area (Å²) in [6.07, 6.45) is 0. The standard InChI is InChI=1S/C10H9NO3S.C8H7NO2/c1-14-8-4-6(2-3-7(8)12)10-11-9(13)5-15-10;1-11-8-4-6(5-9)2-3-7(8)10/h2-4,12H,5H2,1H3;2-4,10H,1H3. The molecule has 26 heavy (non-hydrogen) atoms. The van der Waals surface area contributed by atoms with Crippen LogP contribution in [0.2, 0.25) is 0 Å². The summed E-state index contributed by atoms with van der Waals surface area (Å²) in [6.45, 7) is 0. The van der Waals surface area contributed by atoms with Crippen LogP contribution in [0.3, 0.4) is 0 Å². The summed E-state index contributed by atoms with van der Waals surface area (Å²) in [5.41, 5.74) is 1.26. The highest BCUT2D eigenvalue weighted by Crippen LogP contribution is 2.29. The third-order valence-electron chi connectivity index (χ3n) is 3.29. The lowest BCUT2D eigenvalue weighted by Crippen LogP contribution is -1.93. The van der Waals surface area contributed by atoms with Gasteiger partial charge in [-0.25, -0.2) is 4.99 Å². The van der Waals surface area contributed by atoms with Crippen molar-refractivity contribution in [2.24, 2.45) is 4.99 Å². The molecule has 0 saturated carbocycles. The molecule has 0 aromatic heterocycles. The van der Waals surface area contributed by atoms with Crippen molar-refractivity contribution in [3.05, 3.63) is 47.5 Å². The normalized spacial score (nSPS) is 12.5. The summed E-state index contributed by atoms with van der Waals surface area (Å²) in [4.78, 5) is 14.8. The number of phenolic OH excluding ortho intramolecular Hbond substituents is 2. The van der Waals surface area contributed by atoms with Gasteiger partial charge in [-0.15, -0.1) is 0 Å². The molecule has 0 bridgehead atoms. The van der Waals surface area contributed by atoms with E-state index in [2.05, 4.69) is 4.99 Å². The van der Waals surface area contributed by atoms with Crippen molar-refractivity contribution in [2.75, 3.05) is 20.0 Å². The Bertz CT molecular complexity index is 890. The summed E-state index contributed by atoms with van der Waals surface area (Å²) in [7, 11) is 2.92. The molecular weight excluding hydrogens is 356 g/mol. The summed E-state index contributed by atoms with van der Waals surface area (Å²) < 4.78 is 9.76. The molecule has 1 aliphatic rings. The van der Waals surface area contributed by atoms with E-state index >= 15 is 0 Å². The van der Waals surface area contributed by atoms with Crippen LogP contribution in [-0.2, 0) is 4.79 Å². The largest absolute Gasteiger partial charge is 0.504 e. The monoisotopic (exact) mass is 372 g/mol. The van der Waals surface area contributed by atoms with Crippen molar-refractivity contribution < 1.29 is 24.5 Å². The number of carbonyl (C=O) groups is 1. The number of phenols is 2. The van der Waals surface area contributed by atoms with E-state index in [9.17, 15) is 9.90 Å². The van der Waals surface area contributed by atoms with Crippen molar-refractivity contribution in [1.82, 2.24) is 0 Å². The number of hydrogen-bond acceptors (Lipinski definition) is 7. The van der Waals surface area contributed by atoms with Gasteiger partial charge in [0, 0.05) is 11.6 Å². The van der Waals surface area contributed by atoms with Crippen molar-refractivity contribution >= 4 is 22.7 Å². The van der Waals surface area contributed by atoms with Crippen molar-refractivity contribution in [1.29, 1.82) is 5.26 Å². The van der Waals surface area contributed by atoms with Gasteiger partial charge in [0.15, 0.2) is 23.0 Å². The van der Waals surface area contributed by atoms with Crippen LogP contribution in [0, 0.1) is 11.3 Å². The van der Waals surface area contributed by atoms with Crippen LogP contribution in [0.25, 0.3) is 0 Å². The van der Waals surface area contributed by atoms with Crippen molar-refractivity contribution in [3.63, 3.8) is 0 Å². The number of ether oxygens (including phenoxy) is 2. The fraction of sp³-hybridized carbons (Fsp3) is 0.167. The van der Waals surface area contributed by atoms with Crippen LogP contribution in [0.15, 0.2) is 41.4 Å². The molecule has 0 fully saturated rings. The quantitative estimate of drug-likeness (QED) is 0.852. The van der Waals surface area contributed by atoms with E-state index in [0.29, 0.717) is 27.9 Å². The molecule has 1 heterocycles. The van der Waals surface area contributed by atoms with E-state index < -0.39 is 0 Å². The first kappa shape index (κ1) is 19.1. The van der Waals surface area contributed by atoms with Gasteiger partial charge in [-0.1, -0.05) is 11.8 Å². The Balaban J connectivity index is 0.000000197. The number of nitrogens with zero attached hydrogens (tertiary/aromatic N) is 2. The van der Waals surface area contributed by atoms with Gasteiger partial charge in [0.05, 0.1) is 31.6 Å². The number of aromatic hydroxyl groups is 2. The number of hydrogen-bond donors (Lipinski definition) is 2. The number of thioether (sulfide) groups is 1. The molecule has 1 amide bonds. The van der Waals surface area contributed by atoms with Gasteiger partial charge in [-0.05, 0) is 30.3 Å².